The molecule has 2 N–H and O–H groups in total. The van der Waals surface area contributed by atoms with E-state index < -0.39 is 11.9 Å². The number of amidine groups is 1. The van der Waals surface area contributed by atoms with Crippen LogP contribution in [0.5, 0.6) is 0 Å². The zero-order valence-corrected chi connectivity index (χ0v) is 14.9. The molecule has 3 rings (SSSR count). The van der Waals surface area contributed by atoms with Gasteiger partial charge in [0.2, 0.25) is 5.84 Å². The zero-order chi connectivity index (χ0) is 19.4. The van der Waals surface area contributed by atoms with Gasteiger partial charge < -0.3 is 10.1 Å². The molecule has 0 spiro atoms. The molecule has 0 aromatic heterocycles. The van der Waals surface area contributed by atoms with Gasteiger partial charge in [-0.2, -0.15) is 0 Å². The molecule has 8 heteroatoms. The summed E-state index contributed by atoms with van der Waals surface area (Å²) in [6, 6.07) is 13.6. The summed E-state index contributed by atoms with van der Waals surface area (Å²) in [6.45, 7) is 1.81. The number of carbonyl (C=O) groups excluding carboxylic acids is 3. The number of benzene rings is 2. The van der Waals surface area contributed by atoms with E-state index in [9.17, 15) is 14.4 Å². The van der Waals surface area contributed by atoms with Crippen LogP contribution in [-0.2, 0) is 14.3 Å². The number of rotatable bonds is 4. The molecular formula is C19H18N4O4. The van der Waals surface area contributed by atoms with Crippen molar-refractivity contribution < 1.29 is 19.1 Å². The second kappa shape index (κ2) is 7.69. The summed E-state index contributed by atoms with van der Waals surface area (Å²) in [7, 11) is 1.30. The van der Waals surface area contributed by atoms with Crippen molar-refractivity contribution in [2.45, 2.75) is 6.92 Å². The van der Waals surface area contributed by atoms with Crippen molar-refractivity contribution >= 4 is 35.0 Å². The molecule has 8 nitrogen and oxygen atoms in total. The van der Waals surface area contributed by atoms with Crippen LogP contribution < -0.4 is 15.8 Å². The first-order chi connectivity index (χ1) is 13.0. The van der Waals surface area contributed by atoms with Gasteiger partial charge in [-0.3, -0.25) is 20.0 Å². The van der Waals surface area contributed by atoms with Gasteiger partial charge in [0.05, 0.1) is 18.4 Å². The lowest BCUT2D eigenvalue weighted by Crippen LogP contribution is -2.54. The number of hydrazine groups is 1. The molecule has 0 atom stereocenters. The van der Waals surface area contributed by atoms with E-state index in [1.807, 2.05) is 19.1 Å². The smallest absolute Gasteiger partial charge is 0.337 e. The first kappa shape index (κ1) is 18.1. The highest BCUT2D eigenvalue weighted by Crippen LogP contribution is 2.16. The Morgan fingerprint density at radius 2 is 1.78 bits per heavy atom. The van der Waals surface area contributed by atoms with Gasteiger partial charge in [-0.25, -0.2) is 9.80 Å². The van der Waals surface area contributed by atoms with Crippen molar-refractivity contribution in [3.63, 3.8) is 0 Å². The first-order valence-corrected chi connectivity index (χ1v) is 8.18. The number of aliphatic imine (C=N–C) groups is 1. The second-order valence-electron chi connectivity index (χ2n) is 5.86. The Morgan fingerprint density at radius 3 is 2.41 bits per heavy atom. The van der Waals surface area contributed by atoms with Gasteiger partial charge in [-0.1, -0.05) is 17.7 Å². The number of hydrogen-bond donors (Lipinski definition) is 2. The minimum Gasteiger partial charge on any atom is -0.465 e. The molecule has 27 heavy (non-hydrogen) atoms. The maximum atomic E-state index is 12.4. The average molecular weight is 366 g/mol. The second-order valence-corrected chi connectivity index (χ2v) is 5.86. The molecule has 1 heterocycles. The largest absolute Gasteiger partial charge is 0.465 e. The molecule has 2 amide bonds. The van der Waals surface area contributed by atoms with E-state index in [0.717, 1.165) is 5.56 Å². The van der Waals surface area contributed by atoms with Crippen LogP contribution in [0.3, 0.4) is 0 Å². The van der Waals surface area contributed by atoms with E-state index in [0.29, 0.717) is 16.9 Å². The maximum absolute atomic E-state index is 12.4. The molecule has 0 radical (unpaired) electrons. The Labute approximate surface area is 155 Å². The lowest BCUT2D eigenvalue weighted by Gasteiger charge is -2.27. The lowest BCUT2D eigenvalue weighted by atomic mass is 10.2. The molecule has 1 aliphatic heterocycles. The highest BCUT2D eigenvalue weighted by atomic mass is 16.5. The van der Waals surface area contributed by atoms with Crippen molar-refractivity contribution in [3.05, 3.63) is 59.7 Å². The number of carbonyl (C=O) groups is 3. The normalized spacial score (nSPS) is 13.5. The van der Waals surface area contributed by atoms with Crippen molar-refractivity contribution in [1.82, 2.24) is 5.43 Å². The minimum atomic E-state index is -0.495. The number of anilines is 2. The number of nitrogens with one attached hydrogen (secondary N) is 2. The number of methoxy groups -OCH3 is 1. The quantitative estimate of drug-likeness (QED) is 0.802. The van der Waals surface area contributed by atoms with Crippen molar-refractivity contribution in [2.24, 2.45) is 4.99 Å². The molecule has 0 bridgehead atoms. The van der Waals surface area contributed by atoms with E-state index in [4.69, 9.17) is 0 Å². The van der Waals surface area contributed by atoms with Gasteiger partial charge in [0.25, 0.3) is 11.8 Å². The van der Waals surface area contributed by atoms with Crippen LogP contribution in [0.2, 0.25) is 0 Å². The first-order valence-electron chi connectivity index (χ1n) is 8.18. The predicted molar refractivity (Wildman–Crippen MR) is 101 cm³/mol. The van der Waals surface area contributed by atoms with Crippen LogP contribution in [0.4, 0.5) is 11.4 Å². The monoisotopic (exact) mass is 366 g/mol. The summed E-state index contributed by atoms with van der Waals surface area (Å²) in [5.41, 5.74) is 5.28. The van der Waals surface area contributed by atoms with Crippen molar-refractivity contribution in [3.8, 4) is 0 Å². The van der Waals surface area contributed by atoms with Crippen LogP contribution in [-0.4, -0.2) is 37.3 Å². The number of nitrogens with zero attached hydrogens (tertiary/aromatic N) is 2. The van der Waals surface area contributed by atoms with Gasteiger partial charge in [0, 0.05) is 5.69 Å². The SMILES string of the molecule is COC(=O)c1ccc(NC(=O)C2=NCC(=O)N(c3ccc(C)cc3)N2)cc1. The Kier molecular flexibility index (Phi) is 5.16. The molecule has 2 aromatic carbocycles. The molecule has 0 fully saturated rings. The van der Waals surface area contributed by atoms with Crippen LogP contribution in [0, 0.1) is 6.92 Å². The van der Waals surface area contributed by atoms with Gasteiger partial charge in [0.15, 0.2) is 0 Å². The number of ether oxygens (including phenoxy) is 1. The molecule has 0 unspecified atom stereocenters. The Hall–Kier alpha value is -3.68. The van der Waals surface area contributed by atoms with Crippen LogP contribution in [0.25, 0.3) is 0 Å². The van der Waals surface area contributed by atoms with E-state index >= 15 is 0 Å². The molecule has 138 valence electrons. The average Bonchev–Trinajstić information content (AvgIpc) is 2.69. The molecular weight excluding hydrogens is 348 g/mol. The van der Waals surface area contributed by atoms with E-state index in [1.54, 1.807) is 36.4 Å². The number of aryl methyl sites for hydroxylation is 1. The fraction of sp³-hybridized carbons (Fsp3) is 0.158. The summed E-state index contributed by atoms with van der Waals surface area (Å²) in [4.78, 5) is 40.0. The summed E-state index contributed by atoms with van der Waals surface area (Å²) in [5, 5.41) is 3.96. The molecule has 0 aliphatic carbocycles. The fourth-order valence-corrected chi connectivity index (χ4v) is 2.44. The van der Waals surface area contributed by atoms with Crippen LogP contribution >= 0.6 is 0 Å². The maximum Gasteiger partial charge on any atom is 0.337 e. The third-order valence-electron chi connectivity index (χ3n) is 3.91. The highest BCUT2D eigenvalue weighted by molar-refractivity contribution is 6.43. The number of hydrogen-bond acceptors (Lipinski definition) is 6. The Bertz CT molecular complexity index is 904. The molecule has 0 saturated heterocycles. The summed E-state index contributed by atoms with van der Waals surface area (Å²) in [5.74, 6) is -1.20. The van der Waals surface area contributed by atoms with Gasteiger partial charge in [-0.05, 0) is 43.3 Å². The van der Waals surface area contributed by atoms with Gasteiger partial charge >= 0.3 is 5.97 Å². The van der Waals surface area contributed by atoms with E-state index in [1.165, 1.54) is 12.1 Å². The molecule has 1 aliphatic rings. The standard InChI is InChI=1S/C19H18N4O4/c1-12-3-9-15(10-4-12)23-16(24)11-20-17(22-23)18(25)21-14-7-5-13(6-8-14)19(26)27-2/h3-10H,11H2,1-2H3,(H,20,22)(H,21,25). The van der Waals surface area contributed by atoms with E-state index in [-0.39, 0.29) is 18.3 Å². The van der Waals surface area contributed by atoms with Crippen molar-refractivity contribution in [1.29, 1.82) is 0 Å². The molecule has 2 aromatic rings. The zero-order valence-electron chi connectivity index (χ0n) is 14.9. The third kappa shape index (κ3) is 4.12. The number of amides is 2. The molecule has 0 saturated carbocycles. The van der Waals surface area contributed by atoms with Crippen molar-refractivity contribution in [2.75, 3.05) is 24.0 Å². The third-order valence-corrected chi connectivity index (χ3v) is 3.91. The number of esters is 1. The lowest BCUT2D eigenvalue weighted by molar-refractivity contribution is -0.118. The predicted octanol–water partition coefficient (Wildman–Crippen LogP) is 1.67. The topological polar surface area (TPSA) is 100 Å². The Balaban J connectivity index is 1.70. The Morgan fingerprint density at radius 1 is 1.11 bits per heavy atom. The summed E-state index contributed by atoms with van der Waals surface area (Å²) >= 11 is 0. The summed E-state index contributed by atoms with van der Waals surface area (Å²) < 4.78 is 4.63. The minimum absolute atomic E-state index is 0.0206. The highest BCUT2D eigenvalue weighted by Gasteiger charge is 2.25. The van der Waals surface area contributed by atoms with Crippen LogP contribution in [0.1, 0.15) is 15.9 Å². The summed E-state index contributed by atoms with van der Waals surface area (Å²) in [6.07, 6.45) is 0. The van der Waals surface area contributed by atoms with Crippen LogP contribution in [0.15, 0.2) is 53.5 Å². The fourth-order valence-electron chi connectivity index (χ4n) is 2.44. The van der Waals surface area contributed by atoms with Gasteiger partial charge in [0.1, 0.15) is 6.54 Å². The van der Waals surface area contributed by atoms with Gasteiger partial charge in [-0.15, -0.1) is 0 Å². The van der Waals surface area contributed by atoms with E-state index in [2.05, 4.69) is 20.5 Å².